The van der Waals surface area contributed by atoms with Crippen molar-refractivity contribution >= 4 is 47.2 Å². The number of hydrogen-bond acceptors (Lipinski definition) is 7. The number of aliphatic carboxylic acids is 1. The zero-order valence-electron chi connectivity index (χ0n) is 14.4. The Morgan fingerprint density at radius 3 is 2.12 bits per heavy atom. The van der Waals surface area contributed by atoms with Gasteiger partial charge in [-0.2, -0.15) is 23.5 Å². The molecule has 144 valence electrons. The minimum atomic E-state index is -1.18. The molecule has 0 bridgehead atoms. The first-order valence-corrected chi connectivity index (χ1v) is 10.4. The van der Waals surface area contributed by atoms with Crippen LogP contribution < -0.4 is 21.7 Å². The molecular weight excluding hydrogens is 368 g/mol. The van der Waals surface area contributed by atoms with Gasteiger partial charge in [-0.25, -0.2) is 0 Å². The number of carbonyl (C=O) groups excluding carboxylic acids is 3. The first-order chi connectivity index (χ1) is 11.8. The number of carboxylic acid groups (broad SMARTS) is 1. The largest absolute Gasteiger partial charge is 0.480 e. The molecule has 0 radical (unpaired) electrons. The van der Waals surface area contributed by atoms with Gasteiger partial charge in [0, 0.05) is 0 Å². The fourth-order valence-electron chi connectivity index (χ4n) is 1.69. The van der Waals surface area contributed by atoms with E-state index in [9.17, 15) is 19.2 Å². The van der Waals surface area contributed by atoms with Crippen LogP contribution in [-0.4, -0.2) is 78.0 Å². The molecular formula is C14H26N4O5S2. The van der Waals surface area contributed by atoms with Crippen molar-refractivity contribution in [2.75, 3.05) is 37.1 Å². The van der Waals surface area contributed by atoms with E-state index in [1.807, 2.05) is 12.5 Å². The van der Waals surface area contributed by atoms with E-state index in [0.29, 0.717) is 18.6 Å². The predicted molar refractivity (Wildman–Crippen MR) is 99.6 cm³/mol. The summed E-state index contributed by atoms with van der Waals surface area (Å²) in [4.78, 5) is 46.1. The summed E-state index contributed by atoms with van der Waals surface area (Å²) in [6.45, 7) is -0.887. The highest BCUT2D eigenvalue weighted by Gasteiger charge is 2.23. The number of amides is 3. The Labute approximate surface area is 155 Å². The molecule has 0 aromatic carbocycles. The minimum absolute atomic E-state index is 0.365. The third kappa shape index (κ3) is 11.7. The van der Waals surface area contributed by atoms with Crippen LogP contribution in [0, 0.1) is 0 Å². The number of carboxylic acids is 1. The Balaban J connectivity index is 4.52. The highest BCUT2D eigenvalue weighted by Crippen LogP contribution is 2.03. The van der Waals surface area contributed by atoms with E-state index >= 15 is 0 Å². The van der Waals surface area contributed by atoms with E-state index in [-0.39, 0.29) is 6.54 Å². The maximum Gasteiger partial charge on any atom is 0.322 e. The van der Waals surface area contributed by atoms with Crippen LogP contribution in [0.5, 0.6) is 0 Å². The van der Waals surface area contributed by atoms with E-state index in [0.717, 1.165) is 5.75 Å². The number of carbonyl (C=O) groups is 4. The third-order valence-corrected chi connectivity index (χ3v) is 4.36. The summed E-state index contributed by atoms with van der Waals surface area (Å²) < 4.78 is 0. The molecule has 25 heavy (non-hydrogen) atoms. The van der Waals surface area contributed by atoms with Crippen LogP contribution in [0.4, 0.5) is 0 Å². The molecule has 3 amide bonds. The minimum Gasteiger partial charge on any atom is -0.480 e. The average molecular weight is 395 g/mol. The lowest BCUT2D eigenvalue weighted by molar-refractivity contribution is -0.138. The molecule has 6 N–H and O–H groups in total. The van der Waals surface area contributed by atoms with Gasteiger partial charge in [0.05, 0.1) is 12.6 Å². The highest BCUT2D eigenvalue weighted by atomic mass is 32.2. The van der Waals surface area contributed by atoms with Crippen LogP contribution >= 0.6 is 23.5 Å². The van der Waals surface area contributed by atoms with Crippen molar-refractivity contribution in [2.24, 2.45) is 5.73 Å². The van der Waals surface area contributed by atoms with Gasteiger partial charge in [-0.1, -0.05) is 0 Å². The summed E-state index contributed by atoms with van der Waals surface area (Å²) in [6.07, 6.45) is 4.68. The van der Waals surface area contributed by atoms with Gasteiger partial charge < -0.3 is 26.8 Å². The normalized spacial score (nSPS) is 12.8. The van der Waals surface area contributed by atoms with Gasteiger partial charge in [0.15, 0.2) is 0 Å². The molecule has 2 unspecified atom stereocenters. The lowest BCUT2D eigenvalue weighted by Gasteiger charge is -2.20. The lowest BCUT2D eigenvalue weighted by atomic mass is 10.1. The quantitative estimate of drug-likeness (QED) is 0.256. The molecule has 0 aromatic rings. The van der Waals surface area contributed by atoms with Gasteiger partial charge in [0.1, 0.15) is 12.6 Å². The summed E-state index contributed by atoms with van der Waals surface area (Å²) in [7, 11) is 0. The standard InChI is InChI=1S/C14H26N4O5S2/c1-24-5-3-9(15)13(22)18-10(4-6-25-2)14(23)17-7-11(19)16-8-12(20)21/h9-10H,3-8,15H2,1-2H3,(H,16,19)(H,17,23)(H,18,22)(H,20,21). The van der Waals surface area contributed by atoms with Crippen LogP contribution in [0.3, 0.4) is 0 Å². The maximum atomic E-state index is 12.2. The van der Waals surface area contributed by atoms with E-state index in [4.69, 9.17) is 10.8 Å². The van der Waals surface area contributed by atoms with Gasteiger partial charge in [0.25, 0.3) is 0 Å². The average Bonchev–Trinajstić information content (AvgIpc) is 2.58. The second kappa shape index (κ2) is 13.8. The first kappa shape index (κ1) is 23.5. The van der Waals surface area contributed by atoms with Crippen molar-refractivity contribution in [3.05, 3.63) is 0 Å². The van der Waals surface area contributed by atoms with Crippen molar-refractivity contribution in [2.45, 2.75) is 24.9 Å². The number of hydrogen-bond donors (Lipinski definition) is 5. The van der Waals surface area contributed by atoms with E-state index in [2.05, 4.69) is 16.0 Å². The Hall–Kier alpha value is -1.46. The molecule has 0 aliphatic heterocycles. The molecule has 0 heterocycles. The smallest absolute Gasteiger partial charge is 0.322 e. The van der Waals surface area contributed by atoms with Gasteiger partial charge in [0.2, 0.25) is 17.7 Å². The zero-order chi connectivity index (χ0) is 19.2. The van der Waals surface area contributed by atoms with Crippen LogP contribution in [0.2, 0.25) is 0 Å². The number of rotatable bonds is 13. The Kier molecular flexibility index (Phi) is 13.0. The molecule has 0 aliphatic rings. The summed E-state index contributed by atoms with van der Waals surface area (Å²) >= 11 is 3.10. The molecule has 0 saturated heterocycles. The Morgan fingerprint density at radius 1 is 0.960 bits per heavy atom. The second-order valence-corrected chi connectivity index (χ2v) is 7.09. The molecule has 2 atom stereocenters. The Bertz CT molecular complexity index is 465. The van der Waals surface area contributed by atoms with E-state index < -0.39 is 42.3 Å². The van der Waals surface area contributed by atoms with Crippen molar-refractivity contribution in [1.29, 1.82) is 0 Å². The molecule has 0 spiro atoms. The highest BCUT2D eigenvalue weighted by molar-refractivity contribution is 7.98. The van der Waals surface area contributed by atoms with Crippen molar-refractivity contribution in [3.8, 4) is 0 Å². The van der Waals surface area contributed by atoms with Gasteiger partial charge in [-0.05, 0) is 36.9 Å². The Morgan fingerprint density at radius 2 is 1.56 bits per heavy atom. The fraction of sp³-hybridized carbons (Fsp3) is 0.714. The lowest BCUT2D eigenvalue weighted by Crippen LogP contribution is -2.53. The summed E-state index contributed by atoms with van der Waals surface area (Å²) in [6, 6.07) is -1.50. The number of nitrogens with two attached hydrogens (primary N) is 1. The maximum absolute atomic E-state index is 12.2. The zero-order valence-corrected chi connectivity index (χ0v) is 16.0. The molecule has 0 aliphatic carbocycles. The van der Waals surface area contributed by atoms with Gasteiger partial charge >= 0.3 is 5.97 Å². The van der Waals surface area contributed by atoms with Crippen LogP contribution in [-0.2, 0) is 19.2 Å². The van der Waals surface area contributed by atoms with Crippen LogP contribution in [0.15, 0.2) is 0 Å². The van der Waals surface area contributed by atoms with Gasteiger partial charge in [-0.3, -0.25) is 19.2 Å². The second-order valence-electron chi connectivity index (χ2n) is 5.12. The number of thioether (sulfide) groups is 2. The first-order valence-electron chi connectivity index (χ1n) is 7.61. The molecule has 0 rings (SSSR count). The van der Waals surface area contributed by atoms with Crippen LogP contribution in [0.1, 0.15) is 12.8 Å². The monoisotopic (exact) mass is 394 g/mol. The predicted octanol–water partition coefficient (Wildman–Crippen LogP) is -1.38. The van der Waals surface area contributed by atoms with E-state index in [1.165, 1.54) is 11.8 Å². The molecule has 0 aromatic heterocycles. The molecule has 0 saturated carbocycles. The fourth-order valence-corrected chi connectivity index (χ4v) is 2.65. The van der Waals surface area contributed by atoms with Crippen molar-refractivity contribution in [1.82, 2.24) is 16.0 Å². The SMILES string of the molecule is CSCCC(N)C(=O)NC(CCSC)C(=O)NCC(=O)NCC(=O)O. The molecule has 11 heteroatoms. The van der Waals surface area contributed by atoms with E-state index in [1.54, 1.807) is 11.8 Å². The summed E-state index contributed by atoms with van der Waals surface area (Å²) in [5.74, 6) is -1.34. The van der Waals surface area contributed by atoms with Crippen molar-refractivity contribution < 1.29 is 24.3 Å². The third-order valence-electron chi connectivity index (χ3n) is 3.07. The molecule has 9 nitrogen and oxygen atoms in total. The summed E-state index contributed by atoms with van der Waals surface area (Å²) in [5.41, 5.74) is 5.79. The topological polar surface area (TPSA) is 151 Å². The number of nitrogens with one attached hydrogen (secondary N) is 3. The summed E-state index contributed by atoms with van der Waals surface area (Å²) in [5, 5.41) is 15.6. The van der Waals surface area contributed by atoms with Crippen LogP contribution in [0.25, 0.3) is 0 Å². The van der Waals surface area contributed by atoms with Crippen molar-refractivity contribution in [3.63, 3.8) is 0 Å². The molecule has 0 fully saturated rings. The van der Waals surface area contributed by atoms with Gasteiger partial charge in [-0.15, -0.1) is 0 Å².